The molecule has 0 bridgehead atoms. The van der Waals surface area contributed by atoms with Crippen molar-refractivity contribution in [3.63, 3.8) is 0 Å². The Labute approximate surface area is 251 Å². The number of aromatic nitrogens is 1. The standard InChI is InChI=1S/C22H15F9N4O3S2.Na/c23-20(24,25)10-1-2-14(18(32)36)16(8-10)35-4-3-15-17(9-35)39-19(33-15)34-40(37,38)13-6-11(21(26,27)28)5-12(7-13)22(29,30)31;/h1-2,5-8H,3-4,9H2,(H2,32,36)(H,33,34);. The van der Waals surface area contributed by atoms with Gasteiger partial charge in [-0.2, -0.15) is 39.5 Å². The minimum Gasteiger partial charge on any atom is -0.366 e. The van der Waals surface area contributed by atoms with E-state index in [0.29, 0.717) is 28.0 Å². The molecule has 1 aliphatic heterocycles. The summed E-state index contributed by atoms with van der Waals surface area (Å²) >= 11 is 0.673. The zero-order chi connectivity index (χ0) is 29.8. The first-order valence-electron chi connectivity index (χ1n) is 10.8. The van der Waals surface area contributed by atoms with Gasteiger partial charge in [0.15, 0.2) is 5.13 Å². The van der Waals surface area contributed by atoms with E-state index >= 15 is 0 Å². The number of amides is 1. The largest absolute Gasteiger partial charge is 0.416 e. The van der Waals surface area contributed by atoms with Crippen molar-refractivity contribution in [3.05, 3.63) is 69.2 Å². The number of alkyl halides is 9. The quantitative estimate of drug-likeness (QED) is 0.292. The van der Waals surface area contributed by atoms with Gasteiger partial charge in [0.1, 0.15) is 0 Å². The molecule has 3 N–H and O–H groups in total. The molecule has 7 nitrogen and oxygen atoms in total. The van der Waals surface area contributed by atoms with Gasteiger partial charge >= 0.3 is 18.5 Å². The van der Waals surface area contributed by atoms with Crippen LogP contribution >= 0.6 is 11.3 Å². The summed E-state index contributed by atoms with van der Waals surface area (Å²) in [5, 5.41) is -0.392. The van der Waals surface area contributed by atoms with Crippen molar-refractivity contribution >= 4 is 67.6 Å². The van der Waals surface area contributed by atoms with Gasteiger partial charge in [-0.15, -0.1) is 0 Å². The Morgan fingerprint density at radius 1 is 0.902 bits per heavy atom. The van der Waals surface area contributed by atoms with Crippen LogP contribution in [0.4, 0.5) is 50.3 Å². The zero-order valence-corrected chi connectivity index (χ0v) is 24.1. The second-order valence-corrected chi connectivity index (χ2v) is 11.3. The van der Waals surface area contributed by atoms with Crippen molar-refractivity contribution in [2.24, 2.45) is 5.73 Å². The summed E-state index contributed by atoms with van der Waals surface area (Å²) in [5.41, 5.74) is 0.561. The first-order valence-corrected chi connectivity index (χ1v) is 13.1. The first-order chi connectivity index (χ1) is 18.3. The fourth-order valence-corrected chi connectivity index (χ4v) is 6.21. The molecule has 1 aromatic heterocycles. The average Bonchev–Trinajstić information content (AvgIpc) is 3.22. The normalized spacial score (nSPS) is 14.3. The first kappa shape index (κ1) is 33.0. The number of fused-ring (bicyclic) bond motifs is 1. The Hall–Kier alpha value is -2.54. The van der Waals surface area contributed by atoms with Crippen LogP contribution < -0.4 is 15.4 Å². The molecule has 1 amide bonds. The van der Waals surface area contributed by atoms with Crippen molar-refractivity contribution in [2.75, 3.05) is 16.2 Å². The molecule has 0 saturated carbocycles. The molecule has 0 unspecified atom stereocenters. The number of sulfonamides is 1. The second-order valence-electron chi connectivity index (χ2n) is 8.50. The Balaban J connectivity index is 0.00000462. The number of nitrogens with two attached hydrogens (primary N) is 1. The van der Waals surface area contributed by atoms with E-state index in [-0.39, 0.29) is 78.5 Å². The molecule has 1 aliphatic rings. The molecule has 0 aliphatic carbocycles. The molecule has 3 aromatic rings. The third kappa shape index (κ3) is 7.28. The van der Waals surface area contributed by atoms with Crippen molar-refractivity contribution in [3.8, 4) is 0 Å². The molecule has 1 radical (unpaired) electrons. The van der Waals surface area contributed by atoms with Gasteiger partial charge in [0, 0.05) is 47.4 Å². The topological polar surface area (TPSA) is 105 Å². The van der Waals surface area contributed by atoms with Crippen LogP contribution in [-0.2, 0) is 41.5 Å². The molecule has 41 heavy (non-hydrogen) atoms. The molecule has 0 saturated heterocycles. The van der Waals surface area contributed by atoms with E-state index in [4.69, 9.17) is 5.73 Å². The second kappa shape index (κ2) is 11.3. The molecule has 0 atom stereocenters. The minimum absolute atomic E-state index is 0. The van der Waals surface area contributed by atoms with Crippen molar-refractivity contribution in [1.82, 2.24) is 4.98 Å². The van der Waals surface area contributed by atoms with E-state index in [0.717, 1.165) is 12.1 Å². The third-order valence-corrected chi connectivity index (χ3v) is 8.20. The van der Waals surface area contributed by atoms with Gasteiger partial charge in [0.25, 0.3) is 15.9 Å². The van der Waals surface area contributed by atoms with Gasteiger partial charge in [-0.3, -0.25) is 9.52 Å². The molecular formula is C22H15F9N4NaO3S2. The summed E-state index contributed by atoms with van der Waals surface area (Å²) in [6.45, 7) is -0.106. The predicted molar refractivity (Wildman–Crippen MR) is 130 cm³/mol. The van der Waals surface area contributed by atoms with E-state index in [9.17, 15) is 52.7 Å². The van der Waals surface area contributed by atoms with Crippen LogP contribution in [0.25, 0.3) is 0 Å². The Morgan fingerprint density at radius 2 is 1.46 bits per heavy atom. The van der Waals surface area contributed by atoms with E-state index < -0.39 is 61.2 Å². The van der Waals surface area contributed by atoms with Crippen LogP contribution in [0, 0.1) is 0 Å². The molecular weight excluding hydrogens is 626 g/mol. The van der Waals surface area contributed by atoms with Crippen LogP contribution in [0.15, 0.2) is 41.3 Å². The van der Waals surface area contributed by atoms with E-state index in [1.54, 1.807) is 0 Å². The Bertz CT molecular complexity index is 1550. The molecule has 2 aromatic carbocycles. The van der Waals surface area contributed by atoms with Gasteiger partial charge in [-0.25, -0.2) is 13.4 Å². The summed E-state index contributed by atoms with van der Waals surface area (Å²) in [4.78, 5) is 16.3. The maximum absolute atomic E-state index is 13.3. The number of primary amides is 1. The summed E-state index contributed by atoms with van der Waals surface area (Å²) in [6.07, 6.45) is -15.2. The SMILES string of the molecule is NC(=O)c1ccc(C(F)(F)F)cc1N1CCc2nc(NS(=O)(=O)c3cc(C(F)(F)F)cc(C(F)(F)F)c3)sc2C1.[Na]. The fourth-order valence-electron chi connectivity index (χ4n) is 3.88. The number of halogens is 9. The summed E-state index contributed by atoms with van der Waals surface area (Å²) in [5.74, 6) is -0.994. The molecule has 0 fully saturated rings. The predicted octanol–water partition coefficient (Wildman–Crippen LogP) is 5.28. The van der Waals surface area contributed by atoms with Gasteiger partial charge in [0.2, 0.25) is 0 Å². The number of rotatable bonds is 5. The van der Waals surface area contributed by atoms with Crippen LogP contribution in [0.2, 0.25) is 0 Å². The number of carbonyl (C=O) groups is 1. The fraction of sp³-hybridized carbons (Fsp3) is 0.273. The molecule has 217 valence electrons. The van der Waals surface area contributed by atoms with Gasteiger partial charge in [-0.1, -0.05) is 11.3 Å². The average molecular weight is 641 g/mol. The monoisotopic (exact) mass is 641 g/mol. The number of nitrogens with zero attached hydrogens (tertiary/aromatic N) is 2. The van der Waals surface area contributed by atoms with Gasteiger partial charge < -0.3 is 10.6 Å². The van der Waals surface area contributed by atoms with Crippen LogP contribution in [-0.4, -0.2) is 55.4 Å². The Kier molecular flexibility index (Phi) is 9.07. The number of thiazole rings is 1. The molecule has 0 spiro atoms. The zero-order valence-electron chi connectivity index (χ0n) is 20.5. The maximum atomic E-state index is 13.3. The summed E-state index contributed by atoms with van der Waals surface area (Å²) < 4.78 is 146. The summed E-state index contributed by atoms with van der Waals surface area (Å²) in [7, 11) is -4.99. The third-order valence-electron chi connectivity index (χ3n) is 5.76. The number of hydrogen-bond acceptors (Lipinski definition) is 6. The number of nitrogens with one attached hydrogen (secondary N) is 1. The van der Waals surface area contributed by atoms with Crippen molar-refractivity contribution < 1.29 is 52.7 Å². The van der Waals surface area contributed by atoms with E-state index in [2.05, 4.69) is 4.98 Å². The van der Waals surface area contributed by atoms with Crippen molar-refractivity contribution in [2.45, 2.75) is 36.4 Å². The molecule has 4 rings (SSSR count). The number of carbonyl (C=O) groups excluding carboxylic acids is 1. The van der Waals surface area contributed by atoms with Crippen LogP contribution in [0.5, 0.6) is 0 Å². The van der Waals surface area contributed by atoms with Crippen LogP contribution in [0.1, 0.15) is 37.6 Å². The Morgan fingerprint density at radius 3 is 1.98 bits per heavy atom. The molecule has 2 heterocycles. The minimum atomic E-state index is -5.28. The maximum Gasteiger partial charge on any atom is 0.416 e. The smallest absolute Gasteiger partial charge is 0.366 e. The van der Waals surface area contributed by atoms with E-state index in [1.165, 1.54) is 4.90 Å². The summed E-state index contributed by atoms with van der Waals surface area (Å²) in [6, 6.07) is 2.23. The number of anilines is 2. The van der Waals surface area contributed by atoms with Gasteiger partial charge in [-0.05, 0) is 36.4 Å². The molecule has 19 heteroatoms. The van der Waals surface area contributed by atoms with E-state index in [1.807, 2.05) is 4.72 Å². The number of benzene rings is 2. The van der Waals surface area contributed by atoms with Gasteiger partial charge in [0.05, 0.1) is 45.1 Å². The van der Waals surface area contributed by atoms with Crippen LogP contribution in [0.3, 0.4) is 0 Å². The number of hydrogen-bond donors (Lipinski definition) is 2. The van der Waals surface area contributed by atoms with Crippen molar-refractivity contribution in [1.29, 1.82) is 0 Å².